The molecule has 1 atom stereocenters. The minimum Gasteiger partial charge on any atom is -0.345 e. The van der Waals surface area contributed by atoms with Crippen LogP contribution in [0.3, 0.4) is 0 Å². The lowest BCUT2D eigenvalue weighted by molar-refractivity contribution is 0.0930. The van der Waals surface area contributed by atoms with Crippen LogP contribution in [0, 0.1) is 0 Å². The monoisotopic (exact) mass is 237 g/mol. The summed E-state index contributed by atoms with van der Waals surface area (Å²) in [5.41, 5.74) is -0.125. The van der Waals surface area contributed by atoms with E-state index in [-0.39, 0.29) is 23.2 Å². The van der Waals surface area contributed by atoms with Crippen molar-refractivity contribution >= 4 is 5.91 Å². The fourth-order valence-electron chi connectivity index (χ4n) is 1.73. The molecule has 0 aliphatic carbocycles. The van der Waals surface area contributed by atoms with Crippen molar-refractivity contribution in [3.63, 3.8) is 0 Å². The first-order valence-electron chi connectivity index (χ1n) is 5.91. The summed E-state index contributed by atoms with van der Waals surface area (Å²) in [5, 5.41) is 12.9. The quantitative estimate of drug-likeness (QED) is 0.686. The van der Waals surface area contributed by atoms with Crippen molar-refractivity contribution in [3.8, 4) is 0 Å². The third-order valence-corrected chi connectivity index (χ3v) is 2.79. The van der Waals surface area contributed by atoms with Crippen molar-refractivity contribution in [1.29, 1.82) is 0 Å². The number of aromatic amines is 1. The van der Waals surface area contributed by atoms with E-state index in [0.29, 0.717) is 0 Å². The van der Waals surface area contributed by atoms with Crippen molar-refractivity contribution in [2.24, 2.45) is 0 Å². The van der Waals surface area contributed by atoms with E-state index in [1.54, 1.807) is 0 Å². The highest BCUT2D eigenvalue weighted by Gasteiger charge is 2.23. The maximum Gasteiger partial charge on any atom is 0.291 e. The lowest BCUT2D eigenvalue weighted by atomic mass is 9.96. The third kappa shape index (κ3) is 2.82. The smallest absolute Gasteiger partial charge is 0.291 e. The molecule has 0 radical (unpaired) electrons. The summed E-state index contributed by atoms with van der Waals surface area (Å²) in [4.78, 5) is 16.1. The van der Waals surface area contributed by atoms with E-state index in [9.17, 15) is 4.79 Å². The van der Waals surface area contributed by atoms with Crippen LogP contribution in [0.4, 0.5) is 0 Å². The van der Waals surface area contributed by atoms with E-state index in [1.807, 2.05) is 20.8 Å². The van der Waals surface area contributed by atoms with E-state index in [2.05, 4.69) is 25.8 Å². The Kier molecular flexibility index (Phi) is 3.15. The molecule has 0 aromatic carbocycles. The van der Waals surface area contributed by atoms with Crippen LogP contribution >= 0.6 is 0 Å². The van der Waals surface area contributed by atoms with Crippen LogP contribution in [0.2, 0.25) is 0 Å². The second-order valence-corrected chi connectivity index (χ2v) is 5.42. The lowest BCUT2D eigenvalue weighted by Crippen LogP contribution is -2.36. The van der Waals surface area contributed by atoms with Gasteiger partial charge in [-0.05, 0) is 13.0 Å². The lowest BCUT2D eigenvalue weighted by Gasteiger charge is -2.13. The molecule has 1 amide bonds. The van der Waals surface area contributed by atoms with Gasteiger partial charge in [-0.15, -0.1) is 5.10 Å². The topological polar surface area (TPSA) is 82.7 Å². The van der Waals surface area contributed by atoms with Gasteiger partial charge in [-0.2, -0.15) is 0 Å². The van der Waals surface area contributed by atoms with Crippen molar-refractivity contribution in [1.82, 2.24) is 25.8 Å². The molecule has 17 heavy (non-hydrogen) atoms. The average molecular weight is 237 g/mol. The largest absolute Gasteiger partial charge is 0.345 e. The van der Waals surface area contributed by atoms with Crippen LogP contribution in [0.5, 0.6) is 0 Å². The molecule has 2 rings (SSSR count). The zero-order valence-electron chi connectivity index (χ0n) is 10.5. The number of carbonyl (C=O) groups excluding carboxylic acids is 1. The molecular formula is C11H19N5O. The zero-order chi connectivity index (χ0) is 12.5. The van der Waals surface area contributed by atoms with Crippen LogP contribution in [-0.2, 0) is 5.41 Å². The van der Waals surface area contributed by atoms with Gasteiger partial charge in [-0.1, -0.05) is 20.8 Å². The summed E-state index contributed by atoms with van der Waals surface area (Å²) in [5.74, 6) is 0.750. The molecule has 0 unspecified atom stereocenters. The van der Waals surface area contributed by atoms with Crippen LogP contribution in [0.25, 0.3) is 0 Å². The Morgan fingerprint density at radius 3 is 2.76 bits per heavy atom. The molecule has 1 aliphatic rings. The maximum atomic E-state index is 11.9. The highest BCUT2D eigenvalue weighted by atomic mass is 16.2. The summed E-state index contributed by atoms with van der Waals surface area (Å²) < 4.78 is 0. The molecule has 1 saturated heterocycles. The highest BCUT2D eigenvalue weighted by Crippen LogP contribution is 2.17. The third-order valence-electron chi connectivity index (χ3n) is 2.79. The second-order valence-electron chi connectivity index (χ2n) is 5.42. The number of rotatable bonds is 2. The number of hydrogen-bond acceptors (Lipinski definition) is 4. The Bertz CT molecular complexity index is 400. The van der Waals surface area contributed by atoms with E-state index in [1.165, 1.54) is 0 Å². The number of nitrogens with zero attached hydrogens (tertiary/aromatic N) is 2. The Hall–Kier alpha value is -1.43. The van der Waals surface area contributed by atoms with Gasteiger partial charge in [-0.3, -0.25) is 9.89 Å². The maximum absolute atomic E-state index is 11.9. The minimum atomic E-state index is -0.203. The van der Waals surface area contributed by atoms with Crippen LogP contribution in [0.15, 0.2) is 0 Å². The number of nitrogens with one attached hydrogen (secondary N) is 3. The fraction of sp³-hybridized carbons (Fsp3) is 0.727. The normalized spacial score (nSPS) is 20.5. The number of hydrogen-bond donors (Lipinski definition) is 3. The molecule has 1 aromatic rings. The number of H-pyrrole nitrogens is 1. The summed E-state index contributed by atoms with van der Waals surface area (Å²) in [7, 11) is 0. The SMILES string of the molecule is CC(C)(C)c1nc(C(=O)N[C@@H]2CCNC2)n[nH]1. The molecule has 0 saturated carbocycles. The second kappa shape index (κ2) is 4.44. The Labute approximate surface area is 101 Å². The summed E-state index contributed by atoms with van der Waals surface area (Å²) in [6, 6.07) is 0.194. The van der Waals surface area contributed by atoms with E-state index in [4.69, 9.17) is 0 Å². The van der Waals surface area contributed by atoms with Crippen LogP contribution in [0.1, 0.15) is 43.6 Å². The molecule has 1 aliphatic heterocycles. The summed E-state index contributed by atoms with van der Waals surface area (Å²) >= 11 is 0. The summed E-state index contributed by atoms with van der Waals surface area (Å²) in [6.07, 6.45) is 0.961. The predicted octanol–water partition coefficient (Wildman–Crippen LogP) is 0.194. The van der Waals surface area contributed by atoms with Gasteiger partial charge < -0.3 is 10.6 Å². The Morgan fingerprint density at radius 1 is 1.47 bits per heavy atom. The average Bonchev–Trinajstić information content (AvgIpc) is 2.85. The first-order valence-corrected chi connectivity index (χ1v) is 5.91. The van der Waals surface area contributed by atoms with Gasteiger partial charge >= 0.3 is 0 Å². The number of carbonyl (C=O) groups is 1. The van der Waals surface area contributed by atoms with Crippen molar-refractivity contribution < 1.29 is 4.79 Å². The van der Waals surface area contributed by atoms with Crippen molar-refractivity contribution in [2.75, 3.05) is 13.1 Å². The first-order chi connectivity index (χ1) is 7.97. The molecule has 2 heterocycles. The van der Waals surface area contributed by atoms with Crippen LogP contribution in [-0.4, -0.2) is 40.2 Å². The zero-order valence-corrected chi connectivity index (χ0v) is 10.5. The van der Waals surface area contributed by atoms with E-state index in [0.717, 1.165) is 25.3 Å². The van der Waals surface area contributed by atoms with Gasteiger partial charge in [-0.25, -0.2) is 4.98 Å². The molecule has 0 spiro atoms. The van der Waals surface area contributed by atoms with Gasteiger partial charge in [0.05, 0.1) is 0 Å². The van der Waals surface area contributed by atoms with Gasteiger partial charge in [0, 0.05) is 18.0 Å². The molecule has 1 fully saturated rings. The summed E-state index contributed by atoms with van der Waals surface area (Å²) in [6.45, 7) is 7.84. The molecule has 6 nitrogen and oxygen atoms in total. The van der Waals surface area contributed by atoms with Gasteiger partial charge in [0.2, 0.25) is 5.82 Å². The van der Waals surface area contributed by atoms with Crippen LogP contribution < -0.4 is 10.6 Å². The van der Waals surface area contributed by atoms with Gasteiger partial charge in [0.1, 0.15) is 5.82 Å². The fourth-order valence-corrected chi connectivity index (χ4v) is 1.73. The molecular weight excluding hydrogens is 218 g/mol. The van der Waals surface area contributed by atoms with Gasteiger partial charge in [0.25, 0.3) is 5.91 Å². The Balaban J connectivity index is 2.01. The van der Waals surface area contributed by atoms with Crippen molar-refractivity contribution in [2.45, 2.75) is 38.6 Å². The highest BCUT2D eigenvalue weighted by molar-refractivity contribution is 5.90. The number of amides is 1. The molecule has 0 bridgehead atoms. The molecule has 94 valence electrons. The Morgan fingerprint density at radius 2 is 2.24 bits per heavy atom. The van der Waals surface area contributed by atoms with Gasteiger partial charge in [0.15, 0.2) is 0 Å². The minimum absolute atomic E-state index is 0.125. The molecule has 6 heteroatoms. The molecule has 3 N–H and O–H groups in total. The van der Waals surface area contributed by atoms with E-state index < -0.39 is 0 Å². The first kappa shape index (κ1) is 12.0. The van der Waals surface area contributed by atoms with E-state index >= 15 is 0 Å². The van der Waals surface area contributed by atoms with Crippen molar-refractivity contribution in [3.05, 3.63) is 11.6 Å². The number of aromatic nitrogens is 3. The molecule has 1 aromatic heterocycles. The predicted molar refractivity (Wildman–Crippen MR) is 63.8 cm³/mol. The standard InChI is InChI=1S/C11H19N5O/c1-11(2,3)10-14-8(15-16-10)9(17)13-7-4-5-12-6-7/h7,12H,4-6H2,1-3H3,(H,13,17)(H,14,15,16)/t7-/m1/s1.